The van der Waals surface area contributed by atoms with Crippen LogP contribution in [0.5, 0.6) is 0 Å². The maximum atomic E-state index is 10.1. The average Bonchev–Trinajstić information content (AvgIpc) is 2.93. The lowest BCUT2D eigenvalue weighted by Crippen LogP contribution is -2.50. The quantitative estimate of drug-likeness (QED) is 0.585. The van der Waals surface area contributed by atoms with Gasteiger partial charge in [-0.15, -0.1) is 0 Å². The Bertz CT molecular complexity index is 587. The van der Waals surface area contributed by atoms with Crippen LogP contribution in [0, 0.1) is 34.5 Å². The smallest absolute Gasteiger partial charge is 0.0577 e. The zero-order valence-corrected chi connectivity index (χ0v) is 16.9. The summed E-state index contributed by atoms with van der Waals surface area (Å²) in [6.07, 6.45) is 16.3. The molecule has 0 aliphatic heterocycles. The molecular weight excluding hydrogens is 304 g/mol. The van der Waals surface area contributed by atoms with E-state index < -0.39 is 0 Å². The van der Waals surface area contributed by atoms with Gasteiger partial charge in [0.05, 0.1) is 6.10 Å². The summed E-state index contributed by atoms with van der Waals surface area (Å²) in [5.41, 5.74) is 4.19. The summed E-state index contributed by atoms with van der Waals surface area (Å²) in [6.45, 7) is 9.85. The van der Waals surface area contributed by atoms with Crippen molar-refractivity contribution in [2.75, 3.05) is 0 Å². The Kier molecular flexibility index (Phi) is 4.46. The Morgan fingerprint density at radius 1 is 1.16 bits per heavy atom. The molecule has 0 bridgehead atoms. The van der Waals surface area contributed by atoms with Crippen molar-refractivity contribution < 1.29 is 5.11 Å². The van der Waals surface area contributed by atoms with Gasteiger partial charge in [-0.05, 0) is 99.2 Å². The fourth-order valence-corrected chi connectivity index (χ4v) is 7.85. The highest BCUT2D eigenvalue weighted by Gasteiger charge is 2.58. The van der Waals surface area contributed by atoms with Crippen LogP contribution in [0.4, 0.5) is 0 Å². The lowest BCUT2D eigenvalue weighted by molar-refractivity contribution is -0.0454. The third-order valence-corrected chi connectivity index (χ3v) is 9.15. The third kappa shape index (κ3) is 2.59. The second kappa shape index (κ2) is 6.25. The molecule has 0 radical (unpaired) electrons. The normalized spacial score (nSPS) is 49.9. The van der Waals surface area contributed by atoms with E-state index in [2.05, 4.69) is 39.8 Å². The molecule has 3 saturated carbocycles. The molecule has 4 rings (SSSR count). The van der Waals surface area contributed by atoms with Crippen LogP contribution >= 0.6 is 0 Å². The average molecular weight is 343 g/mol. The minimum atomic E-state index is -0.0811. The van der Waals surface area contributed by atoms with Gasteiger partial charge in [-0.25, -0.2) is 0 Å². The summed E-state index contributed by atoms with van der Waals surface area (Å²) in [6, 6.07) is 0. The maximum Gasteiger partial charge on any atom is 0.0577 e. The molecule has 0 aromatic rings. The predicted molar refractivity (Wildman–Crippen MR) is 105 cm³/mol. The van der Waals surface area contributed by atoms with Gasteiger partial charge < -0.3 is 5.11 Å². The standard InChI is InChI=1S/C24H38O/c1-5-6-16(2)20-9-10-21-19-8-7-17-15-18(25)11-13-23(17,3)22(19)12-14-24(20,21)4/h6-7,18-22,25H,5,8-15H2,1-4H3/t18-,19?,20?,21?,22?,23-,24+/m0/s1. The molecule has 0 spiro atoms. The fraction of sp³-hybridized carbons (Fsp3) is 0.833. The van der Waals surface area contributed by atoms with Gasteiger partial charge in [-0.2, -0.15) is 0 Å². The van der Waals surface area contributed by atoms with Crippen molar-refractivity contribution in [3.05, 3.63) is 23.3 Å². The van der Waals surface area contributed by atoms with E-state index in [0.29, 0.717) is 10.8 Å². The van der Waals surface area contributed by atoms with E-state index in [9.17, 15) is 5.11 Å². The summed E-state index contributed by atoms with van der Waals surface area (Å²) >= 11 is 0. The number of hydrogen-bond donors (Lipinski definition) is 1. The highest BCUT2D eigenvalue weighted by molar-refractivity contribution is 5.26. The number of aliphatic hydroxyl groups excluding tert-OH is 1. The van der Waals surface area contributed by atoms with Crippen LogP contribution in [0.3, 0.4) is 0 Å². The van der Waals surface area contributed by atoms with E-state index in [1.54, 1.807) is 11.1 Å². The van der Waals surface area contributed by atoms with Gasteiger partial charge in [-0.3, -0.25) is 0 Å². The highest BCUT2D eigenvalue weighted by Crippen LogP contribution is 2.67. The zero-order valence-electron chi connectivity index (χ0n) is 16.9. The van der Waals surface area contributed by atoms with Crippen molar-refractivity contribution in [1.29, 1.82) is 0 Å². The predicted octanol–water partition coefficient (Wildman–Crippen LogP) is 6.28. The molecule has 1 N–H and O–H groups in total. The first-order valence-electron chi connectivity index (χ1n) is 10.9. The van der Waals surface area contributed by atoms with Crippen molar-refractivity contribution in [3.8, 4) is 0 Å². The van der Waals surface area contributed by atoms with Crippen molar-refractivity contribution in [3.63, 3.8) is 0 Å². The van der Waals surface area contributed by atoms with E-state index in [4.69, 9.17) is 0 Å². The van der Waals surface area contributed by atoms with Gasteiger partial charge in [0.25, 0.3) is 0 Å². The van der Waals surface area contributed by atoms with Crippen molar-refractivity contribution in [2.24, 2.45) is 34.5 Å². The molecule has 140 valence electrons. The number of fused-ring (bicyclic) bond motifs is 5. The minimum Gasteiger partial charge on any atom is -0.393 e. The van der Waals surface area contributed by atoms with Crippen LogP contribution in [-0.2, 0) is 0 Å². The van der Waals surface area contributed by atoms with Crippen LogP contribution < -0.4 is 0 Å². The highest BCUT2D eigenvalue weighted by atomic mass is 16.3. The first-order chi connectivity index (χ1) is 11.9. The molecule has 4 aliphatic rings. The van der Waals surface area contributed by atoms with Gasteiger partial charge in [0.2, 0.25) is 0 Å². The van der Waals surface area contributed by atoms with Gasteiger partial charge in [0.1, 0.15) is 0 Å². The van der Waals surface area contributed by atoms with Gasteiger partial charge >= 0.3 is 0 Å². The summed E-state index contributed by atoms with van der Waals surface area (Å²) in [5.74, 6) is 3.50. The van der Waals surface area contributed by atoms with Gasteiger partial charge in [0, 0.05) is 0 Å². The lowest BCUT2D eigenvalue weighted by Gasteiger charge is -2.58. The molecule has 1 nitrogen and oxygen atoms in total. The molecule has 4 unspecified atom stereocenters. The Hall–Kier alpha value is -0.560. The maximum absolute atomic E-state index is 10.1. The third-order valence-electron chi connectivity index (χ3n) is 9.15. The van der Waals surface area contributed by atoms with E-state index in [-0.39, 0.29) is 6.10 Å². The molecular formula is C24H38O. The van der Waals surface area contributed by atoms with Crippen molar-refractivity contribution >= 4 is 0 Å². The monoisotopic (exact) mass is 342 g/mol. The molecule has 0 amide bonds. The molecule has 1 heteroatoms. The molecule has 0 aromatic heterocycles. The van der Waals surface area contributed by atoms with Crippen molar-refractivity contribution in [1.82, 2.24) is 0 Å². The van der Waals surface area contributed by atoms with Gasteiger partial charge in [0.15, 0.2) is 0 Å². The second-order valence-electron chi connectivity index (χ2n) is 10.2. The first kappa shape index (κ1) is 17.8. The molecule has 0 heterocycles. The van der Waals surface area contributed by atoms with Crippen molar-refractivity contribution in [2.45, 2.75) is 91.6 Å². The fourth-order valence-electron chi connectivity index (χ4n) is 7.85. The van der Waals surface area contributed by atoms with E-state index >= 15 is 0 Å². The van der Waals surface area contributed by atoms with Crippen LogP contribution in [-0.4, -0.2) is 11.2 Å². The summed E-state index contributed by atoms with van der Waals surface area (Å²) < 4.78 is 0. The Balaban J connectivity index is 1.63. The Morgan fingerprint density at radius 3 is 2.72 bits per heavy atom. The number of aliphatic hydroxyl groups is 1. The van der Waals surface area contributed by atoms with Crippen LogP contribution in [0.2, 0.25) is 0 Å². The molecule has 4 aliphatic carbocycles. The van der Waals surface area contributed by atoms with Gasteiger partial charge in [-0.1, -0.05) is 44.1 Å². The van der Waals surface area contributed by atoms with E-state index in [1.165, 1.54) is 44.9 Å². The van der Waals surface area contributed by atoms with Crippen LogP contribution in [0.1, 0.15) is 85.5 Å². The molecule has 0 saturated heterocycles. The molecule has 25 heavy (non-hydrogen) atoms. The van der Waals surface area contributed by atoms with Crippen LogP contribution in [0.15, 0.2) is 23.3 Å². The molecule has 7 atom stereocenters. The lowest BCUT2D eigenvalue weighted by atomic mass is 9.47. The second-order valence-corrected chi connectivity index (χ2v) is 10.2. The minimum absolute atomic E-state index is 0.0811. The molecule has 3 fully saturated rings. The number of rotatable bonds is 2. The topological polar surface area (TPSA) is 20.2 Å². The largest absolute Gasteiger partial charge is 0.393 e. The number of hydrogen-bond acceptors (Lipinski definition) is 1. The SMILES string of the molecule is CCC=C(C)C1CCC2C3CC=C4C[C@@H](O)CC[C@]4(C)C3CC[C@]12C. The Labute approximate surface area is 155 Å². The van der Waals surface area contributed by atoms with E-state index in [0.717, 1.165) is 36.5 Å². The van der Waals surface area contributed by atoms with Crippen LogP contribution in [0.25, 0.3) is 0 Å². The zero-order chi connectivity index (χ0) is 17.8. The molecule has 0 aromatic carbocycles. The summed E-state index contributed by atoms with van der Waals surface area (Å²) in [4.78, 5) is 0. The number of allylic oxidation sites excluding steroid dienone is 3. The summed E-state index contributed by atoms with van der Waals surface area (Å²) in [5, 5.41) is 10.1. The first-order valence-corrected chi connectivity index (χ1v) is 10.9. The Morgan fingerprint density at radius 2 is 1.96 bits per heavy atom. The summed E-state index contributed by atoms with van der Waals surface area (Å²) in [7, 11) is 0. The van der Waals surface area contributed by atoms with E-state index in [1.807, 2.05) is 0 Å².